The Morgan fingerprint density at radius 2 is 2.15 bits per heavy atom. The van der Waals surface area contributed by atoms with Crippen LogP contribution in [0.25, 0.3) is 11.5 Å². The van der Waals surface area contributed by atoms with Crippen LogP contribution in [-0.4, -0.2) is 30.8 Å². The molecule has 3 aromatic heterocycles. The van der Waals surface area contributed by atoms with Crippen LogP contribution in [0.2, 0.25) is 0 Å². The lowest BCUT2D eigenvalue weighted by Gasteiger charge is -2.13. The van der Waals surface area contributed by atoms with Crippen molar-refractivity contribution in [3.05, 3.63) is 47.2 Å². The molecule has 1 aliphatic carbocycles. The van der Waals surface area contributed by atoms with Crippen LogP contribution in [0, 0.1) is 0 Å². The molecule has 4 rings (SSSR count). The van der Waals surface area contributed by atoms with E-state index in [1.807, 2.05) is 30.8 Å². The smallest absolute Gasteiger partial charge is 0.272 e. The van der Waals surface area contributed by atoms with Gasteiger partial charge in [-0.2, -0.15) is 10.1 Å². The van der Waals surface area contributed by atoms with Gasteiger partial charge in [0.15, 0.2) is 5.69 Å². The first kappa shape index (κ1) is 16.4. The maximum atomic E-state index is 12.7. The number of hydrogen-bond acceptors (Lipinski definition) is 6. The Hall–Kier alpha value is -3.03. The van der Waals surface area contributed by atoms with Crippen molar-refractivity contribution in [1.29, 1.82) is 0 Å². The molecule has 26 heavy (non-hydrogen) atoms. The van der Waals surface area contributed by atoms with E-state index < -0.39 is 6.04 Å². The van der Waals surface area contributed by atoms with Crippen molar-refractivity contribution in [3.63, 3.8) is 0 Å². The molecular formula is C18H20N6O2. The van der Waals surface area contributed by atoms with Crippen LogP contribution in [-0.2, 0) is 19.9 Å². The minimum absolute atomic E-state index is 0.214. The number of hydrogen-bond donors (Lipinski definition) is 1. The number of rotatable bonds is 4. The summed E-state index contributed by atoms with van der Waals surface area (Å²) >= 11 is 0. The van der Waals surface area contributed by atoms with Crippen LogP contribution in [0.3, 0.4) is 0 Å². The summed E-state index contributed by atoms with van der Waals surface area (Å²) in [5.41, 5.74) is 3.34. The highest BCUT2D eigenvalue weighted by Crippen LogP contribution is 2.24. The van der Waals surface area contributed by atoms with E-state index in [1.165, 1.54) is 0 Å². The number of pyridine rings is 1. The number of amides is 1. The van der Waals surface area contributed by atoms with E-state index in [2.05, 4.69) is 25.5 Å². The quantitative estimate of drug-likeness (QED) is 0.773. The zero-order valence-electron chi connectivity index (χ0n) is 14.8. The van der Waals surface area contributed by atoms with Crippen molar-refractivity contribution in [2.75, 3.05) is 0 Å². The molecule has 0 bridgehead atoms. The highest BCUT2D eigenvalue weighted by atomic mass is 16.5. The Morgan fingerprint density at radius 3 is 2.96 bits per heavy atom. The maximum Gasteiger partial charge on any atom is 0.272 e. The van der Waals surface area contributed by atoms with Crippen molar-refractivity contribution >= 4 is 5.91 Å². The minimum atomic E-state index is -0.422. The fourth-order valence-electron chi connectivity index (χ4n) is 3.29. The number of carbonyl (C=O) groups excluding carboxylic acids is 1. The summed E-state index contributed by atoms with van der Waals surface area (Å²) in [6, 6.07) is 5.06. The van der Waals surface area contributed by atoms with Crippen molar-refractivity contribution in [3.8, 4) is 11.5 Å². The zero-order valence-corrected chi connectivity index (χ0v) is 14.8. The molecule has 0 saturated heterocycles. The van der Waals surface area contributed by atoms with E-state index in [0.717, 1.165) is 36.9 Å². The predicted molar refractivity (Wildman–Crippen MR) is 93.3 cm³/mol. The second-order valence-corrected chi connectivity index (χ2v) is 6.47. The third-order valence-corrected chi connectivity index (χ3v) is 4.63. The van der Waals surface area contributed by atoms with Gasteiger partial charge < -0.3 is 9.84 Å². The van der Waals surface area contributed by atoms with Crippen LogP contribution < -0.4 is 5.32 Å². The highest BCUT2D eigenvalue weighted by molar-refractivity contribution is 5.94. The summed E-state index contributed by atoms with van der Waals surface area (Å²) in [5, 5.41) is 11.3. The summed E-state index contributed by atoms with van der Waals surface area (Å²) in [5.74, 6) is 0.523. The van der Waals surface area contributed by atoms with E-state index in [4.69, 9.17) is 4.52 Å². The molecule has 8 heteroatoms. The van der Waals surface area contributed by atoms with Gasteiger partial charge in [-0.3, -0.25) is 14.5 Å². The van der Waals surface area contributed by atoms with Gasteiger partial charge in [-0.25, -0.2) is 0 Å². The molecule has 0 saturated carbocycles. The molecule has 134 valence electrons. The van der Waals surface area contributed by atoms with Gasteiger partial charge in [-0.05, 0) is 44.7 Å². The molecule has 3 aromatic rings. The van der Waals surface area contributed by atoms with Gasteiger partial charge in [0.05, 0.1) is 0 Å². The van der Waals surface area contributed by atoms with Gasteiger partial charge >= 0.3 is 0 Å². The molecule has 8 nitrogen and oxygen atoms in total. The molecule has 1 atom stereocenters. The van der Waals surface area contributed by atoms with Crippen LogP contribution in [0.15, 0.2) is 28.9 Å². The third-order valence-electron chi connectivity index (χ3n) is 4.63. The Bertz CT molecular complexity index is 931. The maximum absolute atomic E-state index is 12.7. The van der Waals surface area contributed by atoms with Gasteiger partial charge in [-0.15, -0.1) is 0 Å². The molecular weight excluding hydrogens is 332 g/mol. The first-order chi connectivity index (χ1) is 12.6. The Morgan fingerprint density at radius 1 is 1.31 bits per heavy atom. The highest BCUT2D eigenvalue weighted by Gasteiger charge is 2.26. The second kappa shape index (κ2) is 6.70. The summed E-state index contributed by atoms with van der Waals surface area (Å²) in [6.45, 7) is 1.81. The van der Waals surface area contributed by atoms with Gasteiger partial charge in [0, 0.05) is 24.5 Å². The molecule has 1 N–H and O–H groups in total. The molecule has 0 unspecified atom stereocenters. The number of carbonyl (C=O) groups is 1. The molecule has 0 aromatic carbocycles. The van der Waals surface area contributed by atoms with Gasteiger partial charge in [0.2, 0.25) is 11.7 Å². The Balaban J connectivity index is 1.51. The summed E-state index contributed by atoms with van der Waals surface area (Å²) < 4.78 is 7.11. The molecule has 1 amide bonds. The lowest BCUT2D eigenvalue weighted by atomic mass is 9.95. The second-order valence-electron chi connectivity index (χ2n) is 6.47. The molecule has 0 fully saturated rings. The number of aromatic nitrogens is 5. The van der Waals surface area contributed by atoms with Gasteiger partial charge in [-0.1, -0.05) is 11.2 Å². The van der Waals surface area contributed by atoms with Crippen LogP contribution in [0.5, 0.6) is 0 Å². The van der Waals surface area contributed by atoms with Crippen molar-refractivity contribution in [2.24, 2.45) is 7.05 Å². The first-order valence-electron chi connectivity index (χ1n) is 8.74. The van der Waals surface area contributed by atoms with Crippen LogP contribution in [0.4, 0.5) is 0 Å². The number of fused-ring (bicyclic) bond motifs is 1. The third kappa shape index (κ3) is 2.98. The summed E-state index contributed by atoms with van der Waals surface area (Å²) in [4.78, 5) is 21.2. The fraction of sp³-hybridized carbons (Fsp3) is 0.389. The van der Waals surface area contributed by atoms with E-state index in [1.54, 1.807) is 12.3 Å². The molecule has 0 spiro atoms. The van der Waals surface area contributed by atoms with Gasteiger partial charge in [0.25, 0.3) is 5.91 Å². The summed E-state index contributed by atoms with van der Waals surface area (Å²) in [6.07, 6.45) is 5.76. The monoisotopic (exact) mass is 352 g/mol. The van der Waals surface area contributed by atoms with Crippen LogP contribution >= 0.6 is 0 Å². The number of aryl methyl sites for hydroxylation is 1. The molecule has 0 aliphatic heterocycles. The summed E-state index contributed by atoms with van der Waals surface area (Å²) in [7, 11) is 1.89. The van der Waals surface area contributed by atoms with E-state index in [-0.39, 0.29) is 5.91 Å². The average Bonchev–Trinajstić information content (AvgIpc) is 3.28. The normalized spacial score (nSPS) is 14.7. The largest absolute Gasteiger partial charge is 0.339 e. The standard InChI is InChI=1S/C18H20N6O2/c1-11(18-21-16(23-26-18)13-8-5-6-10-19-13)20-17(25)15-12-7-3-4-9-14(12)24(2)22-15/h5-6,8,10-11H,3-4,7,9H2,1-2H3,(H,20,25)/t11-/m0/s1. The van der Waals surface area contributed by atoms with Crippen molar-refractivity contribution in [2.45, 2.75) is 38.6 Å². The predicted octanol–water partition coefficient (Wildman–Crippen LogP) is 2.23. The SMILES string of the molecule is C[C@H](NC(=O)c1nn(C)c2c1CCCC2)c1nc(-c2ccccn2)no1. The van der Waals surface area contributed by atoms with Crippen LogP contribution in [0.1, 0.15) is 53.4 Å². The Labute approximate surface area is 150 Å². The topological polar surface area (TPSA) is 98.7 Å². The Kier molecular flexibility index (Phi) is 4.24. The fourth-order valence-corrected chi connectivity index (χ4v) is 3.29. The lowest BCUT2D eigenvalue weighted by Crippen LogP contribution is -2.28. The van der Waals surface area contributed by atoms with E-state index in [9.17, 15) is 4.79 Å². The number of nitrogens with zero attached hydrogens (tertiary/aromatic N) is 5. The first-order valence-corrected chi connectivity index (χ1v) is 8.74. The molecule has 0 radical (unpaired) electrons. The lowest BCUT2D eigenvalue weighted by molar-refractivity contribution is 0.0925. The van der Waals surface area contributed by atoms with Crippen molar-refractivity contribution in [1.82, 2.24) is 30.2 Å². The molecule has 1 aliphatic rings. The average molecular weight is 352 g/mol. The minimum Gasteiger partial charge on any atom is -0.339 e. The zero-order chi connectivity index (χ0) is 18.1. The van der Waals surface area contributed by atoms with E-state index in [0.29, 0.717) is 23.1 Å². The van der Waals surface area contributed by atoms with Crippen molar-refractivity contribution < 1.29 is 9.32 Å². The molecule has 3 heterocycles. The van der Waals surface area contributed by atoms with Gasteiger partial charge in [0.1, 0.15) is 11.7 Å². The number of nitrogens with one attached hydrogen (secondary N) is 1. The van der Waals surface area contributed by atoms with E-state index >= 15 is 0 Å².